The van der Waals surface area contributed by atoms with Crippen molar-refractivity contribution in [2.45, 2.75) is 69.8 Å². The van der Waals surface area contributed by atoms with Crippen molar-refractivity contribution < 1.29 is 58.9 Å². The van der Waals surface area contributed by atoms with E-state index in [1.807, 2.05) is 0 Å². The second-order valence-corrected chi connectivity index (χ2v) is 10.8. The molecule has 18 heavy (non-hydrogen) atoms. The van der Waals surface area contributed by atoms with Gasteiger partial charge in [-0.25, -0.2) is 0 Å². The Hall–Kier alpha value is 1.83. The van der Waals surface area contributed by atoms with Crippen molar-refractivity contribution in [3.05, 3.63) is 4.89 Å². The molecule has 0 unspecified atom stereocenters. The molecule has 2 heterocycles. The zero-order chi connectivity index (χ0) is 10.2. The number of hydrogen-bond acceptors (Lipinski definition) is 0. The first-order valence-electron chi connectivity index (χ1n) is 6.28. The smallest absolute Gasteiger partial charge is 1.00 e. The fraction of sp³-hybridized carbons (Fsp3) is 1.00. The van der Waals surface area contributed by atoms with Crippen LogP contribution in [-0.4, -0.2) is 15.1 Å². The van der Waals surface area contributed by atoms with E-state index in [9.17, 15) is 0 Å². The SMILES string of the molecule is C[Si](C)(C)[N-]B1C2CCCC1CCC2.[Cl-].[Cl-].[Cl-].[Ti+4]. The molecule has 0 aromatic carbocycles. The Morgan fingerprint density at radius 1 is 0.833 bits per heavy atom. The molecule has 2 fully saturated rings. The first-order valence-corrected chi connectivity index (χ1v) is 9.73. The second-order valence-electron chi connectivity index (χ2n) is 6.17. The van der Waals surface area contributed by atoms with Crippen molar-refractivity contribution in [3.63, 3.8) is 0 Å². The average molecular weight is 362 g/mol. The fourth-order valence-electron chi connectivity index (χ4n) is 3.30. The monoisotopic (exact) mass is 361 g/mol. The first-order chi connectivity index (χ1) is 6.56. The molecule has 1 nitrogen and oxygen atoms in total. The second kappa shape index (κ2) is 10.5. The van der Waals surface area contributed by atoms with Crippen LogP contribution in [0.1, 0.15) is 38.5 Å². The van der Waals surface area contributed by atoms with Crippen LogP contribution < -0.4 is 37.2 Å². The van der Waals surface area contributed by atoms with Gasteiger partial charge in [0, 0.05) is 6.85 Å². The van der Waals surface area contributed by atoms with E-state index in [1.165, 1.54) is 38.5 Å². The molecular formula is C11H23BCl3NSiTi. The predicted octanol–water partition coefficient (Wildman–Crippen LogP) is -4.70. The first kappa shape index (κ1) is 24.8. The molecule has 0 N–H and O–H groups in total. The average Bonchev–Trinajstić information content (AvgIpc) is 1.99. The van der Waals surface area contributed by atoms with Crippen molar-refractivity contribution in [1.82, 2.24) is 0 Å². The summed E-state index contributed by atoms with van der Waals surface area (Å²) in [7, 11) is -1.19. The fourth-order valence-corrected chi connectivity index (χ4v) is 4.62. The van der Waals surface area contributed by atoms with Gasteiger partial charge in [-0.1, -0.05) is 78.0 Å². The number of fused-ring (bicyclic) bond motifs is 2. The van der Waals surface area contributed by atoms with Crippen LogP contribution in [0.5, 0.6) is 0 Å². The third-order valence-corrected chi connectivity index (χ3v) is 4.87. The van der Waals surface area contributed by atoms with E-state index in [2.05, 4.69) is 19.6 Å². The summed E-state index contributed by atoms with van der Waals surface area (Å²) in [5.74, 6) is 1.93. The van der Waals surface area contributed by atoms with Gasteiger partial charge in [0.25, 0.3) is 0 Å². The maximum atomic E-state index is 5.19. The van der Waals surface area contributed by atoms with Gasteiger partial charge < -0.3 is 42.1 Å². The summed E-state index contributed by atoms with van der Waals surface area (Å²) in [6, 6.07) is 0. The molecule has 104 valence electrons. The van der Waals surface area contributed by atoms with E-state index in [-0.39, 0.29) is 58.9 Å². The van der Waals surface area contributed by atoms with Crippen LogP contribution in [0.15, 0.2) is 0 Å². The van der Waals surface area contributed by atoms with Gasteiger partial charge in [0.1, 0.15) is 0 Å². The van der Waals surface area contributed by atoms with Gasteiger partial charge in [0.05, 0.1) is 0 Å². The maximum Gasteiger partial charge on any atom is 4.00 e. The minimum Gasteiger partial charge on any atom is -1.00 e. The minimum atomic E-state index is -1.19. The number of halogens is 3. The van der Waals surface area contributed by atoms with Crippen LogP contribution in [0.4, 0.5) is 0 Å². The quantitative estimate of drug-likeness (QED) is 0.439. The van der Waals surface area contributed by atoms with Gasteiger partial charge in [-0.05, 0) is 0 Å². The molecule has 0 aliphatic carbocycles. The largest absolute Gasteiger partial charge is 4.00 e. The van der Waals surface area contributed by atoms with Crippen molar-refractivity contribution in [1.29, 1.82) is 0 Å². The van der Waals surface area contributed by atoms with E-state index < -0.39 is 8.24 Å². The summed E-state index contributed by atoms with van der Waals surface area (Å²) in [5.41, 5.74) is 0. The van der Waals surface area contributed by atoms with Crippen molar-refractivity contribution in [2.24, 2.45) is 0 Å². The van der Waals surface area contributed by atoms with Crippen LogP contribution in [0.3, 0.4) is 0 Å². The Bertz CT molecular complexity index is 197. The molecule has 7 heteroatoms. The maximum absolute atomic E-state index is 5.19. The van der Waals surface area contributed by atoms with E-state index in [0.29, 0.717) is 0 Å². The van der Waals surface area contributed by atoms with E-state index in [4.69, 9.17) is 4.89 Å². The molecule has 0 aromatic heterocycles. The van der Waals surface area contributed by atoms with Gasteiger partial charge in [0.2, 0.25) is 0 Å². The summed E-state index contributed by atoms with van der Waals surface area (Å²) < 4.78 is 0. The zero-order valence-electron chi connectivity index (χ0n) is 11.6. The summed E-state index contributed by atoms with van der Waals surface area (Å²) in [4.78, 5) is 5.19. The van der Waals surface area contributed by atoms with E-state index in [1.54, 1.807) is 0 Å². The Labute approximate surface area is 148 Å². The van der Waals surface area contributed by atoms with Crippen LogP contribution in [0, 0.1) is 0 Å². The molecule has 0 saturated carbocycles. The standard InChI is InChI=1S/C11H23BNSi.3ClH.Ti/c1-14(2,3)13-12-10-6-4-7-11(12)9-5-8-10;;;;/h10-11H,4-9H2,1-3H3;3*1H;/q-1;;;;+4/p-3. The molecule has 0 atom stereocenters. The summed E-state index contributed by atoms with van der Waals surface area (Å²) in [5, 5.41) is 0. The topological polar surface area (TPSA) is 14.1 Å². The molecule has 0 spiro atoms. The normalized spacial score (nSPS) is 25.8. The molecule has 0 radical (unpaired) electrons. The summed E-state index contributed by atoms with van der Waals surface area (Å²) in [6.07, 6.45) is 8.83. The zero-order valence-corrected chi connectivity index (χ0v) is 16.4. The third-order valence-electron chi connectivity index (χ3n) is 3.80. The van der Waals surface area contributed by atoms with Crippen molar-refractivity contribution in [3.8, 4) is 0 Å². The number of rotatable bonds is 2. The van der Waals surface area contributed by atoms with Crippen molar-refractivity contribution in [2.75, 3.05) is 0 Å². The Balaban J connectivity index is -0.000000562. The molecule has 2 rings (SSSR count). The Kier molecular flexibility index (Phi) is 14.5. The van der Waals surface area contributed by atoms with Gasteiger partial charge in [-0.15, -0.1) is 0 Å². The Morgan fingerprint density at radius 3 is 1.44 bits per heavy atom. The van der Waals surface area contributed by atoms with Crippen LogP contribution >= 0.6 is 0 Å². The molecule has 2 bridgehead atoms. The predicted molar refractivity (Wildman–Crippen MR) is 67.7 cm³/mol. The number of hydrogen-bond donors (Lipinski definition) is 0. The molecule has 2 aliphatic rings. The van der Waals surface area contributed by atoms with Crippen LogP contribution in [-0.2, 0) is 21.7 Å². The van der Waals surface area contributed by atoms with Gasteiger partial charge in [-0.2, -0.15) is 0 Å². The third kappa shape index (κ3) is 7.01. The van der Waals surface area contributed by atoms with Crippen LogP contribution in [0.2, 0.25) is 31.3 Å². The van der Waals surface area contributed by atoms with Crippen molar-refractivity contribution >= 4 is 15.1 Å². The summed E-state index contributed by atoms with van der Waals surface area (Å²) >= 11 is 0. The van der Waals surface area contributed by atoms with Crippen LogP contribution in [0.25, 0.3) is 4.89 Å². The van der Waals surface area contributed by atoms with Gasteiger partial charge in [-0.3, -0.25) is 0 Å². The van der Waals surface area contributed by atoms with E-state index >= 15 is 0 Å². The summed E-state index contributed by atoms with van der Waals surface area (Å²) in [6.45, 7) is 7.93. The van der Waals surface area contributed by atoms with E-state index in [0.717, 1.165) is 18.5 Å². The molecule has 2 aliphatic heterocycles. The minimum absolute atomic E-state index is 0. The number of nitrogens with zero attached hydrogens (tertiary/aromatic N) is 1. The van der Waals surface area contributed by atoms with Gasteiger partial charge >= 0.3 is 21.7 Å². The van der Waals surface area contributed by atoms with Gasteiger partial charge in [0.15, 0.2) is 0 Å². The molecular weight excluding hydrogens is 339 g/mol. The Morgan fingerprint density at radius 2 is 1.17 bits per heavy atom. The molecule has 0 aromatic rings. The molecule has 0 amide bonds. The molecule has 2 saturated heterocycles.